The van der Waals surface area contributed by atoms with Crippen molar-refractivity contribution >= 4 is 5.91 Å². The van der Waals surface area contributed by atoms with Crippen LogP contribution in [0.3, 0.4) is 0 Å². The van der Waals surface area contributed by atoms with Gasteiger partial charge in [0.1, 0.15) is 5.82 Å². The topological polar surface area (TPSA) is 46.9 Å². The number of benzene rings is 1. The van der Waals surface area contributed by atoms with Gasteiger partial charge in [0.25, 0.3) is 0 Å². The molecule has 1 saturated carbocycles. The third kappa shape index (κ3) is 3.38. The Kier molecular flexibility index (Phi) is 3.87. The molecule has 1 aromatic heterocycles. The van der Waals surface area contributed by atoms with Crippen LogP contribution in [0.2, 0.25) is 0 Å². The molecule has 7 heteroatoms. The Bertz CT molecular complexity index is 723. The first-order chi connectivity index (χ1) is 10.9. The first-order valence-corrected chi connectivity index (χ1v) is 7.27. The molecule has 2 aromatic rings. The third-order valence-corrected chi connectivity index (χ3v) is 4.11. The zero-order valence-corrected chi connectivity index (χ0v) is 12.5. The van der Waals surface area contributed by atoms with E-state index in [4.69, 9.17) is 0 Å². The normalized spacial score (nSPS) is 20.3. The lowest BCUT2D eigenvalue weighted by atomic mass is 10.1. The predicted molar refractivity (Wildman–Crippen MR) is 77.3 cm³/mol. The molecular formula is C16H16F3N3O. The molecule has 0 radical (unpaired) electrons. The van der Waals surface area contributed by atoms with Gasteiger partial charge in [-0.05, 0) is 24.0 Å². The van der Waals surface area contributed by atoms with Gasteiger partial charge in [0, 0.05) is 25.4 Å². The Hall–Kier alpha value is -2.31. The maximum Gasteiger partial charge on any atom is 0.416 e. The number of rotatable bonds is 4. The lowest BCUT2D eigenvalue weighted by Crippen LogP contribution is -2.26. The highest BCUT2D eigenvalue weighted by Gasteiger charge is 2.44. The highest BCUT2D eigenvalue weighted by Crippen LogP contribution is 2.48. The van der Waals surface area contributed by atoms with Gasteiger partial charge in [-0.2, -0.15) is 13.2 Å². The smallest absolute Gasteiger partial charge is 0.349 e. The molecule has 1 aromatic carbocycles. The standard InChI is InChI=1S/C16H16F3N3O/c1-22-6-5-20-14(22)9-21-15(23)13-8-12(13)10-3-2-4-11(7-10)16(17,18)19/h2-7,12-13H,8-9H2,1H3,(H,21,23)/t12-,13+/m0/s1. The highest BCUT2D eigenvalue weighted by molar-refractivity contribution is 5.82. The maximum atomic E-state index is 12.7. The molecule has 3 rings (SSSR count). The second kappa shape index (κ2) is 5.72. The number of imidazole rings is 1. The molecule has 0 bridgehead atoms. The van der Waals surface area contributed by atoms with Crippen molar-refractivity contribution < 1.29 is 18.0 Å². The van der Waals surface area contributed by atoms with Crippen LogP contribution in [0.1, 0.15) is 29.3 Å². The van der Waals surface area contributed by atoms with Gasteiger partial charge < -0.3 is 9.88 Å². The molecular weight excluding hydrogens is 307 g/mol. The summed E-state index contributed by atoms with van der Waals surface area (Å²) >= 11 is 0. The van der Waals surface area contributed by atoms with E-state index in [2.05, 4.69) is 10.3 Å². The average molecular weight is 323 g/mol. The summed E-state index contributed by atoms with van der Waals surface area (Å²) in [6.07, 6.45) is -0.358. The van der Waals surface area contributed by atoms with E-state index in [0.29, 0.717) is 18.5 Å². The van der Waals surface area contributed by atoms with Crippen LogP contribution in [0.25, 0.3) is 0 Å². The van der Waals surface area contributed by atoms with Gasteiger partial charge in [0.05, 0.1) is 12.1 Å². The van der Waals surface area contributed by atoms with E-state index in [-0.39, 0.29) is 17.7 Å². The fourth-order valence-corrected chi connectivity index (χ4v) is 2.66. The lowest BCUT2D eigenvalue weighted by Gasteiger charge is -2.09. The van der Waals surface area contributed by atoms with E-state index >= 15 is 0 Å². The summed E-state index contributed by atoms with van der Waals surface area (Å²) in [7, 11) is 1.83. The van der Waals surface area contributed by atoms with Gasteiger partial charge in [-0.3, -0.25) is 4.79 Å². The maximum absolute atomic E-state index is 12.7. The van der Waals surface area contributed by atoms with E-state index in [9.17, 15) is 18.0 Å². The molecule has 1 amide bonds. The van der Waals surface area contributed by atoms with Crippen LogP contribution >= 0.6 is 0 Å². The summed E-state index contributed by atoms with van der Waals surface area (Å²) in [5.41, 5.74) is -0.106. The molecule has 0 spiro atoms. The molecule has 0 saturated heterocycles. The average Bonchev–Trinajstić information content (AvgIpc) is 3.21. The summed E-state index contributed by atoms with van der Waals surface area (Å²) in [5.74, 6) is 0.183. The molecule has 23 heavy (non-hydrogen) atoms. The summed E-state index contributed by atoms with van der Waals surface area (Å²) in [5, 5.41) is 2.79. The van der Waals surface area contributed by atoms with E-state index in [1.807, 2.05) is 7.05 Å². The first-order valence-electron chi connectivity index (χ1n) is 7.27. The van der Waals surface area contributed by atoms with Gasteiger partial charge in [-0.1, -0.05) is 18.2 Å². The number of carbonyl (C=O) groups excluding carboxylic acids is 1. The number of hydrogen-bond donors (Lipinski definition) is 1. The predicted octanol–water partition coefficient (Wildman–Crippen LogP) is 2.86. The summed E-state index contributed by atoms with van der Waals surface area (Å²) in [6.45, 7) is 0.314. The van der Waals surface area contributed by atoms with Crippen molar-refractivity contribution in [2.75, 3.05) is 0 Å². The van der Waals surface area contributed by atoms with Gasteiger partial charge in [0.15, 0.2) is 0 Å². The molecule has 122 valence electrons. The van der Waals surface area contributed by atoms with Gasteiger partial charge in [-0.15, -0.1) is 0 Å². The Morgan fingerprint density at radius 1 is 1.43 bits per heavy atom. The van der Waals surface area contributed by atoms with Gasteiger partial charge >= 0.3 is 6.18 Å². The minimum atomic E-state index is -4.36. The van der Waals surface area contributed by atoms with Crippen LogP contribution in [0.5, 0.6) is 0 Å². The van der Waals surface area contributed by atoms with Crippen molar-refractivity contribution in [1.29, 1.82) is 0 Å². The number of nitrogens with zero attached hydrogens (tertiary/aromatic N) is 2. The minimum Gasteiger partial charge on any atom is -0.349 e. The van der Waals surface area contributed by atoms with Crippen LogP contribution in [0.15, 0.2) is 36.7 Å². The minimum absolute atomic E-state index is 0.140. The second-order valence-electron chi connectivity index (χ2n) is 5.74. The molecule has 1 fully saturated rings. The number of nitrogens with one attached hydrogen (secondary N) is 1. The van der Waals surface area contributed by atoms with Gasteiger partial charge in [0.2, 0.25) is 5.91 Å². The van der Waals surface area contributed by atoms with Crippen molar-refractivity contribution in [2.45, 2.75) is 25.1 Å². The number of aryl methyl sites for hydroxylation is 1. The van der Waals surface area contributed by atoms with Crippen LogP contribution in [-0.4, -0.2) is 15.5 Å². The molecule has 4 nitrogen and oxygen atoms in total. The van der Waals surface area contributed by atoms with E-state index in [0.717, 1.165) is 18.0 Å². The van der Waals surface area contributed by atoms with Crippen molar-refractivity contribution in [2.24, 2.45) is 13.0 Å². The molecule has 0 aliphatic heterocycles. The fraction of sp³-hybridized carbons (Fsp3) is 0.375. The van der Waals surface area contributed by atoms with Crippen molar-refractivity contribution in [3.8, 4) is 0 Å². The number of hydrogen-bond acceptors (Lipinski definition) is 2. The second-order valence-corrected chi connectivity index (χ2v) is 5.74. The molecule has 1 aliphatic carbocycles. The van der Waals surface area contributed by atoms with Gasteiger partial charge in [-0.25, -0.2) is 4.98 Å². The van der Waals surface area contributed by atoms with Crippen LogP contribution in [0, 0.1) is 5.92 Å². The van der Waals surface area contributed by atoms with Crippen molar-refractivity contribution in [1.82, 2.24) is 14.9 Å². The molecule has 0 unspecified atom stereocenters. The summed E-state index contributed by atoms with van der Waals surface area (Å²) in [6, 6.07) is 5.21. The summed E-state index contributed by atoms with van der Waals surface area (Å²) in [4.78, 5) is 16.2. The lowest BCUT2D eigenvalue weighted by molar-refractivity contribution is -0.137. The number of amides is 1. The van der Waals surface area contributed by atoms with Crippen LogP contribution < -0.4 is 5.32 Å². The zero-order valence-electron chi connectivity index (χ0n) is 12.5. The quantitative estimate of drug-likeness (QED) is 0.940. The molecule has 1 heterocycles. The number of carbonyl (C=O) groups is 1. The SMILES string of the molecule is Cn1ccnc1CNC(=O)[C@@H]1C[C@H]1c1cccc(C(F)(F)F)c1. The van der Waals surface area contributed by atoms with E-state index in [1.54, 1.807) is 23.0 Å². The monoisotopic (exact) mass is 323 g/mol. The fourth-order valence-electron chi connectivity index (χ4n) is 2.66. The molecule has 1 aliphatic rings. The third-order valence-electron chi connectivity index (χ3n) is 4.11. The van der Waals surface area contributed by atoms with Crippen molar-refractivity contribution in [3.05, 3.63) is 53.6 Å². The van der Waals surface area contributed by atoms with E-state index < -0.39 is 11.7 Å². The van der Waals surface area contributed by atoms with E-state index in [1.165, 1.54) is 6.07 Å². The van der Waals surface area contributed by atoms with Crippen LogP contribution in [-0.2, 0) is 24.6 Å². The number of halogens is 3. The zero-order chi connectivity index (χ0) is 16.6. The molecule has 2 atom stereocenters. The Morgan fingerprint density at radius 3 is 2.87 bits per heavy atom. The summed E-state index contributed by atoms with van der Waals surface area (Å²) < 4.78 is 40.0. The number of aromatic nitrogens is 2. The molecule has 1 N–H and O–H groups in total. The Labute approximate surface area is 131 Å². The first kappa shape index (κ1) is 15.6. The Balaban J connectivity index is 1.61. The highest BCUT2D eigenvalue weighted by atomic mass is 19.4. The van der Waals surface area contributed by atoms with Crippen molar-refractivity contribution in [3.63, 3.8) is 0 Å². The Morgan fingerprint density at radius 2 is 2.22 bits per heavy atom. The number of alkyl halides is 3. The largest absolute Gasteiger partial charge is 0.416 e. The van der Waals surface area contributed by atoms with Crippen LogP contribution in [0.4, 0.5) is 13.2 Å².